The minimum absolute atomic E-state index is 0.0619. The van der Waals surface area contributed by atoms with E-state index in [0.29, 0.717) is 30.5 Å². The van der Waals surface area contributed by atoms with Crippen molar-refractivity contribution in [2.45, 2.75) is 26.2 Å². The summed E-state index contributed by atoms with van der Waals surface area (Å²) in [4.78, 5) is 18.6. The van der Waals surface area contributed by atoms with Crippen LogP contribution in [0.5, 0.6) is 0 Å². The number of amides is 1. The topological polar surface area (TPSA) is 70.7 Å². The number of carbonyl (C=O) groups excluding carboxylic acids is 1. The normalized spacial score (nSPS) is 18.8. The first-order valence-corrected chi connectivity index (χ1v) is 8.94. The maximum Gasteiger partial charge on any atom is 0.251 e. The van der Waals surface area contributed by atoms with E-state index in [1.165, 1.54) is 12.8 Å². The molecule has 0 aliphatic carbocycles. The van der Waals surface area contributed by atoms with Gasteiger partial charge in [0.05, 0.1) is 0 Å². The molecule has 0 saturated carbocycles. The number of likely N-dealkylation sites (tertiary alicyclic amines) is 1. The lowest BCUT2D eigenvalue weighted by Gasteiger charge is -2.31. The molecular formula is C17H25BrN4O. The molecule has 1 aromatic rings. The van der Waals surface area contributed by atoms with Gasteiger partial charge in [-0.3, -0.25) is 9.79 Å². The molecule has 3 N–H and O–H groups in total. The third kappa shape index (κ3) is 5.86. The highest BCUT2D eigenvalue weighted by molar-refractivity contribution is 9.10. The predicted octanol–water partition coefficient (Wildman–Crippen LogP) is 2.62. The number of hydrogen-bond acceptors (Lipinski definition) is 2. The molecule has 1 atom stereocenters. The second-order valence-electron chi connectivity index (χ2n) is 6.05. The first kappa shape index (κ1) is 17.8. The summed E-state index contributed by atoms with van der Waals surface area (Å²) in [6, 6.07) is 7.36. The SMILES string of the molecule is CC1CCCN(C(N)=NCCCNC(=O)c2cccc(Br)c2)C1. The lowest BCUT2D eigenvalue weighted by molar-refractivity contribution is 0.0953. The largest absolute Gasteiger partial charge is 0.370 e. The molecule has 1 aliphatic heterocycles. The van der Waals surface area contributed by atoms with Gasteiger partial charge in [-0.2, -0.15) is 0 Å². The van der Waals surface area contributed by atoms with E-state index < -0.39 is 0 Å². The van der Waals surface area contributed by atoms with E-state index in [-0.39, 0.29) is 5.91 Å². The van der Waals surface area contributed by atoms with Crippen LogP contribution < -0.4 is 11.1 Å². The molecule has 1 heterocycles. The van der Waals surface area contributed by atoms with Crippen LogP contribution in [0.2, 0.25) is 0 Å². The summed E-state index contributed by atoms with van der Waals surface area (Å²) in [6.07, 6.45) is 3.23. The van der Waals surface area contributed by atoms with Crippen molar-refractivity contribution in [2.24, 2.45) is 16.6 Å². The van der Waals surface area contributed by atoms with E-state index in [4.69, 9.17) is 5.73 Å². The Morgan fingerprint density at radius 1 is 1.52 bits per heavy atom. The fourth-order valence-electron chi connectivity index (χ4n) is 2.70. The zero-order valence-electron chi connectivity index (χ0n) is 13.6. The number of carbonyl (C=O) groups is 1. The molecule has 6 heteroatoms. The van der Waals surface area contributed by atoms with Gasteiger partial charge in [0.2, 0.25) is 0 Å². The summed E-state index contributed by atoms with van der Waals surface area (Å²) in [5.74, 6) is 1.25. The zero-order chi connectivity index (χ0) is 16.7. The Morgan fingerprint density at radius 3 is 3.09 bits per heavy atom. The highest BCUT2D eigenvalue weighted by atomic mass is 79.9. The Morgan fingerprint density at radius 2 is 2.35 bits per heavy atom. The van der Waals surface area contributed by atoms with Crippen LogP contribution in [0.15, 0.2) is 33.7 Å². The van der Waals surface area contributed by atoms with Crippen LogP contribution >= 0.6 is 15.9 Å². The molecule has 1 aliphatic rings. The van der Waals surface area contributed by atoms with Crippen LogP contribution in [0.4, 0.5) is 0 Å². The number of rotatable bonds is 5. The molecule has 1 aromatic carbocycles. The molecule has 23 heavy (non-hydrogen) atoms. The van der Waals surface area contributed by atoms with Crippen LogP contribution in [0.3, 0.4) is 0 Å². The first-order valence-electron chi connectivity index (χ1n) is 8.15. The summed E-state index contributed by atoms with van der Waals surface area (Å²) in [5.41, 5.74) is 6.70. The summed E-state index contributed by atoms with van der Waals surface area (Å²) in [7, 11) is 0. The number of aliphatic imine (C=N–C) groups is 1. The maximum absolute atomic E-state index is 12.0. The highest BCUT2D eigenvalue weighted by Gasteiger charge is 2.17. The molecule has 5 nitrogen and oxygen atoms in total. The molecule has 126 valence electrons. The Hall–Kier alpha value is -1.56. The van der Waals surface area contributed by atoms with Gasteiger partial charge in [-0.05, 0) is 43.4 Å². The first-order chi connectivity index (χ1) is 11.1. The number of guanidine groups is 1. The second kappa shape index (κ2) is 8.91. The molecule has 1 amide bonds. The minimum atomic E-state index is -0.0619. The van der Waals surface area contributed by atoms with Gasteiger partial charge in [0, 0.05) is 36.2 Å². The average molecular weight is 381 g/mol. The molecule has 0 spiro atoms. The van der Waals surface area contributed by atoms with Crippen molar-refractivity contribution in [3.63, 3.8) is 0 Å². The second-order valence-corrected chi connectivity index (χ2v) is 6.97. The van der Waals surface area contributed by atoms with E-state index in [0.717, 1.165) is 24.0 Å². The smallest absolute Gasteiger partial charge is 0.251 e. The Bertz CT molecular complexity index is 561. The molecule has 0 radical (unpaired) electrons. The van der Waals surface area contributed by atoms with Gasteiger partial charge < -0.3 is 16.0 Å². The Labute approximate surface area is 146 Å². The number of hydrogen-bond donors (Lipinski definition) is 2. The van der Waals surface area contributed by atoms with Gasteiger partial charge in [-0.15, -0.1) is 0 Å². The van der Waals surface area contributed by atoms with E-state index in [1.807, 2.05) is 18.2 Å². The third-order valence-corrected chi connectivity index (χ3v) is 4.46. The summed E-state index contributed by atoms with van der Waals surface area (Å²) >= 11 is 3.37. The number of nitrogens with zero attached hydrogens (tertiary/aromatic N) is 2. The van der Waals surface area contributed by atoms with Gasteiger partial charge in [0.25, 0.3) is 5.91 Å². The third-order valence-electron chi connectivity index (χ3n) is 3.96. The fourth-order valence-corrected chi connectivity index (χ4v) is 3.10. The van der Waals surface area contributed by atoms with Crippen LogP contribution in [-0.4, -0.2) is 42.9 Å². The lowest BCUT2D eigenvalue weighted by Crippen LogP contribution is -2.43. The van der Waals surface area contributed by atoms with Crippen molar-refractivity contribution in [3.05, 3.63) is 34.3 Å². The summed E-state index contributed by atoms with van der Waals surface area (Å²) in [5, 5.41) is 2.90. The number of benzene rings is 1. The standard InChI is InChI=1S/C17H25BrN4O/c1-13-5-3-10-22(12-13)17(19)21-9-4-8-20-16(23)14-6-2-7-15(18)11-14/h2,6-7,11,13H,3-5,8-10,12H2,1H3,(H2,19,21)(H,20,23). The van der Waals surface area contributed by atoms with Gasteiger partial charge in [-0.25, -0.2) is 0 Å². The monoisotopic (exact) mass is 380 g/mol. The molecule has 1 unspecified atom stereocenters. The fraction of sp³-hybridized carbons (Fsp3) is 0.529. The number of piperidine rings is 1. The van der Waals surface area contributed by atoms with Crippen LogP contribution in [-0.2, 0) is 0 Å². The molecule has 2 rings (SSSR count). The Kier molecular flexibility index (Phi) is 6.89. The average Bonchev–Trinajstić information content (AvgIpc) is 2.54. The summed E-state index contributed by atoms with van der Waals surface area (Å²) in [6.45, 7) is 5.47. The molecule has 0 aromatic heterocycles. The van der Waals surface area contributed by atoms with Crippen molar-refractivity contribution < 1.29 is 4.79 Å². The van der Waals surface area contributed by atoms with E-state index in [9.17, 15) is 4.79 Å². The maximum atomic E-state index is 12.0. The van der Waals surface area contributed by atoms with Crippen molar-refractivity contribution in [2.75, 3.05) is 26.2 Å². The zero-order valence-corrected chi connectivity index (χ0v) is 15.2. The van der Waals surface area contributed by atoms with Crippen molar-refractivity contribution in [1.29, 1.82) is 0 Å². The highest BCUT2D eigenvalue weighted by Crippen LogP contribution is 2.15. The van der Waals surface area contributed by atoms with Crippen molar-refractivity contribution in [3.8, 4) is 0 Å². The van der Waals surface area contributed by atoms with E-state index >= 15 is 0 Å². The molecular weight excluding hydrogens is 356 g/mol. The van der Waals surface area contributed by atoms with Gasteiger partial charge in [0.15, 0.2) is 5.96 Å². The van der Waals surface area contributed by atoms with E-state index in [2.05, 4.69) is 38.1 Å². The quantitative estimate of drug-likeness (QED) is 0.468. The van der Waals surface area contributed by atoms with Crippen LogP contribution in [0.25, 0.3) is 0 Å². The van der Waals surface area contributed by atoms with Crippen LogP contribution in [0.1, 0.15) is 36.5 Å². The lowest BCUT2D eigenvalue weighted by atomic mass is 10.0. The number of nitrogens with one attached hydrogen (secondary N) is 1. The van der Waals surface area contributed by atoms with Crippen molar-refractivity contribution in [1.82, 2.24) is 10.2 Å². The van der Waals surface area contributed by atoms with Crippen LogP contribution in [0, 0.1) is 5.92 Å². The molecule has 0 bridgehead atoms. The van der Waals surface area contributed by atoms with Gasteiger partial charge in [0.1, 0.15) is 0 Å². The predicted molar refractivity (Wildman–Crippen MR) is 97.6 cm³/mol. The van der Waals surface area contributed by atoms with E-state index in [1.54, 1.807) is 6.07 Å². The Balaban J connectivity index is 1.68. The molecule has 1 fully saturated rings. The van der Waals surface area contributed by atoms with Crippen molar-refractivity contribution >= 4 is 27.8 Å². The minimum Gasteiger partial charge on any atom is -0.370 e. The van der Waals surface area contributed by atoms with Gasteiger partial charge >= 0.3 is 0 Å². The molecule has 1 saturated heterocycles. The summed E-state index contributed by atoms with van der Waals surface area (Å²) < 4.78 is 0.901. The van der Waals surface area contributed by atoms with Gasteiger partial charge in [-0.1, -0.05) is 28.9 Å². The number of halogens is 1. The number of nitrogens with two attached hydrogens (primary N) is 1.